The van der Waals surface area contributed by atoms with E-state index in [0.717, 1.165) is 51.7 Å². The van der Waals surface area contributed by atoms with Crippen LogP contribution in [0, 0.1) is 17.8 Å². The van der Waals surface area contributed by atoms with Crippen LogP contribution in [0.25, 0.3) is 0 Å². The van der Waals surface area contributed by atoms with Gasteiger partial charge in [-0.25, -0.2) is 0 Å². The molecule has 114 valence electrons. The summed E-state index contributed by atoms with van der Waals surface area (Å²) in [6.45, 7) is 6.86. The maximum atomic E-state index is 12.3. The molecule has 2 fully saturated rings. The van der Waals surface area contributed by atoms with Crippen molar-refractivity contribution in [2.45, 2.75) is 52.4 Å². The minimum atomic E-state index is -0.0543. The molecule has 3 unspecified atom stereocenters. The number of nitrogens with one attached hydrogen (secondary N) is 1. The van der Waals surface area contributed by atoms with Gasteiger partial charge in [-0.3, -0.25) is 9.59 Å². The highest BCUT2D eigenvalue weighted by Gasteiger charge is 2.49. The van der Waals surface area contributed by atoms with Crippen molar-refractivity contribution in [1.82, 2.24) is 10.2 Å². The summed E-state index contributed by atoms with van der Waals surface area (Å²) < 4.78 is 0. The van der Waals surface area contributed by atoms with Crippen molar-refractivity contribution in [1.29, 1.82) is 0 Å². The molecule has 1 saturated carbocycles. The Labute approximate surface area is 122 Å². The van der Waals surface area contributed by atoms with Crippen molar-refractivity contribution in [3.8, 4) is 0 Å². The molecule has 2 amide bonds. The zero-order valence-corrected chi connectivity index (χ0v) is 12.9. The lowest BCUT2D eigenvalue weighted by molar-refractivity contribution is -0.136. The topological polar surface area (TPSA) is 49.4 Å². The maximum Gasteiger partial charge on any atom is 0.226 e. The average Bonchev–Trinajstić information content (AvgIpc) is 3.23. The highest BCUT2D eigenvalue weighted by atomic mass is 16.2. The molecule has 1 heterocycles. The number of rotatable bonds is 6. The number of unbranched alkanes of at least 4 members (excludes halogenated alkanes) is 2. The first kappa shape index (κ1) is 15.3. The molecule has 20 heavy (non-hydrogen) atoms. The third-order valence-electron chi connectivity index (χ3n) is 4.49. The van der Waals surface area contributed by atoms with Gasteiger partial charge in [0.05, 0.1) is 11.8 Å². The first-order chi connectivity index (χ1) is 9.63. The smallest absolute Gasteiger partial charge is 0.226 e. The van der Waals surface area contributed by atoms with Gasteiger partial charge in [0.2, 0.25) is 11.8 Å². The number of amides is 2. The summed E-state index contributed by atoms with van der Waals surface area (Å²) in [4.78, 5) is 26.3. The third-order valence-corrected chi connectivity index (χ3v) is 4.49. The molecule has 3 atom stereocenters. The molecule has 1 N–H and O–H groups in total. The molecule has 1 aliphatic carbocycles. The first-order valence-electron chi connectivity index (χ1n) is 8.20. The number of hydrogen-bond donors (Lipinski definition) is 1. The molecule has 0 aromatic rings. The van der Waals surface area contributed by atoms with Crippen LogP contribution < -0.4 is 5.32 Å². The normalized spacial score (nSPS) is 29.1. The summed E-state index contributed by atoms with van der Waals surface area (Å²) in [5.74, 6) is 0.815. The van der Waals surface area contributed by atoms with Crippen LogP contribution in [0.2, 0.25) is 0 Å². The summed E-state index contributed by atoms with van der Waals surface area (Å²) >= 11 is 0. The Bertz CT molecular complexity index is 356. The van der Waals surface area contributed by atoms with Crippen molar-refractivity contribution < 1.29 is 9.59 Å². The summed E-state index contributed by atoms with van der Waals surface area (Å²) in [6, 6.07) is 0. The van der Waals surface area contributed by atoms with E-state index in [1.54, 1.807) is 0 Å². The molecule has 0 radical (unpaired) electrons. The van der Waals surface area contributed by atoms with E-state index in [1.165, 1.54) is 6.42 Å². The van der Waals surface area contributed by atoms with Crippen LogP contribution in [0.15, 0.2) is 0 Å². The predicted molar refractivity (Wildman–Crippen MR) is 79.1 cm³/mol. The van der Waals surface area contributed by atoms with Crippen LogP contribution in [-0.4, -0.2) is 36.3 Å². The highest BCUT2D eigenvalue weighted by molar-refractivity contribution is 5.92. The molecule has 2 aliphatic rings. The van der Waals surface area contributed by atoms with E-state index in [9.17, 15) is 9.59 Å². The monoisotopic (exact) mass is 280 g/mol. The van der Waals surface area contributed by atoms with Crippen LogP contribution in [0.1, 0.15) is 52.4 Å². The van der Waals surface area contributed by atoms with E-state index in [-0.39, 0.29) is 23.7 Å². The van der Waals surface area contributed by atoms with Gasteiger partial charge in [-0.2, -0.15) is 0 Å². The third kappa shape index (κ3) is 3.97. The van der Waals surface area contributed by atoms with Crippen molar-refractivity contribution in [2.75, 3.05) is 19.6 Å². The minimum absolute atomic E-state index is 0.0357. The van der Waals surface area contributed by atoms with Gasteiger partial charge in [0.25, 0.3) is 0 Å². The number of piperidine rings is 1. The Morgan fingerprint density at radius 2 is 2.05 bits per heavy atom. The van der Waals surface area contributed by atoms with Gasteiger partial charge in [-0.1, -0.05) is 26.7 Å². The van der Waals surface area contributed by atoms with Crippen LogP contribution >= 0.6 is 0 Å². The molecular formula is C16H28N2O2. The Morgan fingerprint density at radius 3 is 2.75 bits per heavy atom. The van der Waals surface area contributed by atoms with Crippen molar-refractivity contribution >= 4 is 11.8 Å². The number of hydrogen-bond acceptors (Lipinski definition) is 2. The van der Waals surface area contributed by atoms with Crippen molar-refractivity contribution in [3.63, 3.8) is 0 Å². The number of carbonyl (C=O) groups is 2. The fourth-order valence-corrected chi connectivity index (χ4v) is 3.10. The summed E-state index contributed by atoms with van der Waals surface area (Å²) in [5, 5.41) is 2.97. The van der Waals surface area contributed by atoms with Gasteiger partial charge < -0.3 is 10.2 Å². The molecule has 2 rings (SSSR count). The molecular weight excluding hydrogens is 252 g/mol. The fourth-order valence-electron chi connectivity index (χ4n) is 3.10. The van der Waals surface area contributed by atoms with E-state index in [0.29, 0.717) is 5.92 Å². The Balaban J connectivity index is 1.70. The van der Waals surface area contributed by atoms with E-state index in [1.807, 2.05) is 4.90 Å². The standard InChI is InChI=1S/C16H28N2O2/c1-3-4-5-8-17-15(19)13-10-14(13)16(20)18-9-6-7-12(2)11-18/h12-14H,3-11H2,1-2H3,(H,17,19). The summed E-state index contributed by atoms with van der Waals surface area (Å²) in [5.41, 5.74) is 0. The largest absolute Gasteiger partial charge is 0.356 e. The predicted octanol–water partition coefficient (Wildman–Crippen LogP) is 2.19. The Kier molecular flexibility index (Phi) is 5.44. The second-order valence-corrected chi connectivity index (χ2v) is 6.48. The lowest BCUT2D eigenvalue weighted by Gasteiger charge is -2.31. The lowest BCUT2D eigenvalue weighted by Crippen LogP contribution is -2.40. The molecule has 4 heteroatoms. The van der Waals surface area contributed by atoms with Gasteiger partial charge >= 0.3 is 0 Å². The summed E-state index contributed by atoms with van der Waals surface area (Å²) in [7, 11) is 0. The van der Waals surface area contributed by atoms with E-state index >= 15 is 0 Å². The lowest BCUT2D eigenvalue weighted by atomic mass is 10.00. The molecule has 0 spiro atoms. The van der Waals surface area contributed by atoms with Crippen molar-refractivity contribution in [2.24, 2.45) is 17.8 Å². The minimum Gasteiger partial charge on any atom is -0.356 e. The van der Waals surface area contributed by atoms with Crippen molar-refractivity contribution in [3.05, 3.63) is 0 Å². The first-order valence-corrected chi connectivity index (χ1v) is 8.20. The maximum absolute atomic E-state index is 12.3. The van der Waals surface area contributed by atoms with Crippen LogP contribution in [0.5, 0.6) is 0 Å². The van der Waals surface area contributed by atoms with Crippen LogP contribution in [-0.2, 0) is 9.59 Å². The molecule has 1 aliphatic heterocycles. The van der Waals surface area contributed by atoms with Gasteiger partial charge in [0.15, 0.2) is 0 Å². The average molecular weight is 280 g/mol. The van der Waals surface area contributed by atoms with Gasteiger partial charge in [-0.05, 0) is 31.6 Å². The molecule has 1 saturated heterocycles. The van der Waals surface area contributed by atoms with E-state index in [4.69, 9.17) is 0 Å². The Hall–Kier alpha value is -1.06. The van der Waals surface area contributed by atoms with Gasteiger partial charge in [-0.15, -0.1) is 0 Å². The van der Waals surface area contributed by atoms with E-state index < -0.39 is 0 Å². The van der Waals surface area contributed by atoms with Gasteiger partial charge in [0, 0.05) is 19.6 Å². The number of nitrogens with zero attached hydrogens (tertiary/aromatic N) is 1. The molecule has 4 nitrogen and oxygen atoms in total. The number of likely N-dealkylation sites (tertiary alicyclic amines) is 1. The fraction of sp³-hybridized carbons (Fsp3) is 0.875. The second-order valence-electron chi connectivity index (χ2n) is 6.48. The zero-order valence-electron chi connectivity index (χ0n) is 12.9. The van der Waals surface area contributed by atoms with E-state index in [2.05, 4.69) is 19.2 Å². The quantitative estimate of drug-likeness (QED) is 0.758. The Morgan fingerprint density at radius 1 is 1.25 bits per heavy atom. The second kappa shape index (κ2) is 7.09. The zero-order chi connectivity index (χ0) is 14.5. The molecule has 0 aromatic heterocycles. The molecule has 0 bridgehead atoms. The number of carbonyl (C=O) groups excluding carboxylic acids is 2. The molecule has 0 aromatic carbocycles. The van der Waals surface area contributed by atoms with Crippen LogP contribution in [0.3, 0.4) is 0 Å². The van der Waals surface area contributed by atoms with Crippen LogP contribution in [0.4, 0.5) is 0 Å². The highest BCUT2D eigenvalue weighted by Crippen LogP contribution is 2.40. The SMILES string of the molecule is CCCCCNC(=O)C1CC1C(=O)N1CCCC(C)C1. The van der Waals surface area contributed by atoms with Gasteiger partial charge in [0.1, 0.15) is 0 Å². The summed E-state index contributed by atoms with van der Waals surface area (Å²) in [6.07, 6.45) is 6.43.